The van der Waals surface area contributed by atoms with E-state index in [0.717, 1.165) is 12.8 Å². The second-order valence-electron chi connectivity index (χ2n) is 5.71. The summed E-state index contributed by atoms with van der Waals surface area (Å²) in [7, 11) is 0. The zero-order chi connectivity index (χ0) is 15.0. The Bertz CT molecular complexity index is 595. The van der Waals surface area contributed by atoms with E-state index in [1.165, 1.54) is 18.2 Å². The standard InChI is InChI=1S/C14H16N2O5/c17-12-10(2-1-3-11(12)16(19)20)13(18)15-6-4-14(8-15)5-7-21-9-14/h1-3,17H,4-9H2. The predicted octanol–water partition coefficient (Wildman–Crippen LogP) is 1.55. The average Bonchev–Trinajstić information content (AvgIpc) is 3.09. The molecule has 1 amide bonds. The van der Waals surface area contributed by atoms with Crippen molar-refractivity contribution < 1.29 is 19.6 Å². The number of ether oxygens (including phenoxy) is 1. The van der Waals surface area contributed by atoms with Crippen LogP contribution in [0, 0.1) is 15.5 Å². The number of nitrogens with zero attached hydrogens (tertiary/aromatic N) is 2. The maximum absolute atomic E-state index is 12.5. The summed E-state index contributed by atoms with van der Waals surface area (Å²) in [5.74, 6) is -0.920. The number of hydrogen-bond acceptors (Lipinski definition) is 5. The molecule has 1 N–H and O–H groups in total. The molecule has 2 aliphatic heterocycles. The molecule has 21 heavy (non-hydrogen) atoms. The molecule has 7 heteroatoms. The number of aromatic hydroxyl groups is 1. The van der Waals surface area contributed by atoms with E-state index in [4.69, 9.17) is 4.74 Å². The summed E-state index contributed by atoms with van der Waals surface area (Å²) in [6, 6.07) is 4.01. The summed E-state index contributed by atoms with van der Waals surface area (Å²) in [4.78, 5) is 24.3. The number of nitro benzene ring substituents is 1. The molecule has 1 spiro atoms. The van der Waals surface area contributed by atoms with Crippen LogP contribution in [0.1, 0.15) is 23.2 Å². The van der Waals surface area contributed by atoms with E-state index in [1.807, 2.05) is 0 Å². The van der Waals surface area contributed by atoms with Crippen molar-refractivity contribution in [1.29, 1.82) is 0 Å². The molecule has 0 aromatic heterocycles. The lowest BCUT2D eigenvalue weighted by Gasteiger charge is -2.22. The van der Waals surface area contributed by atoms with Gasteiger partial charge in [-0.05, 0) is 18.9 Å². The normalized spacial score (nSPS) is 24.7. The molecule has 1 aromatic rings. The van der Waals surface area contributed by atoms with Gasteiger partial charge in [-0.25, -0.2) is 0 Å². The Morgan fingerprint density at radius 2 is 2.24 bits per heavy atom. The van der Waals surface area contributed by atoms with Gasteiger partial charge in [0.2, 0.25) is 5.75 Å². The number of nitro groups is 1. The van der Waals surface area contributed by atoms with Gasteiger partial charge in [0.15, 0.2) is 0 Å². The van der Waals surface area contributed by atoms with E-state index in [-0.39, 0.29) is 16.9 Å². The molecular weight excluding hydrogens is 276 g/mol. The summed E-state index contributed by atoms with van der Waals surface area (Å²) < 4.78 is 5.41. The first-order valence-electron chi connectivity index (χ1n) is 6.86. The van der Waals surface area contributed by atoms with E-state index in [9.17, 15) is 20.0 Å². The van der Waals surface area contributed by atoms with E-state index >= 15 is 0 Å². The number of carbonyl (C=O) groups excluding carboxylic acids is 1. The van der Waals surface area contributed by atoms with Gasteiger partial charge < -0.3 is 14.7 Å². The molecule has 112 valence electrons. The summed E-state index contributed by atoms with van der Waals surface area (Å²) in [5.41, 5.74) is -0.439. The molecule has 2 fully saturated rings. The number of rotatable bonds is 2. The van der Waals surface area contributed by atoms with Crippen molar-refractivity contribution in [3.8, 4) is 5.75 Å². The van der Waals surface area contributed by atoms with Gasteiger partial charge in [0, 0.05) is 31.2 Å². The van der Waals surface area contributed by atoms with Crippen LogP contribution in [0.3, 0.4) is 0 Å². The smallest absolute Gasteiger partial charge is 0.311 e. The van der Waals surface area contributed by atoms with E-state index in [1.54, 1.807) is 4.90 Å². The Hall–Kier alpha value is -2.15. The van der Waals surface area contributed by atoms with Gasteiger partial charge in [0.05, 0.1) is 17.1 Å². The number of phenols is 1. The van der Waals surface area contributed by atoms with Crippen LogP contribution < -0.4 is 0 Å². The van der Waals surface area contributed by atoms with Crippen LogP contribution in [0.25, 0.3) is 0 Å². The molecule has 0 bridgehead atoms. The van der Waals surface area contributed by atoms with Crippen molar-refractivity contribution in [1.82, 2.24) is 4.90 Å². The van der Waals surface area contributed by atoms with Crippen molar-refractivity contribution in [2.24, 2.45) is 5.41 Å². The third-order valence-corrected chi connectivity index (χ3v) is 4.35. The molecule has 7 nitrogen and oxygen atoms in total. The van der Waals surface area contributed by atoms with Crippen LogP contribution in [-0.2, 0) is 4.74 Å². The first-order valence-corrected chi connectivity index (χ1v) is 6.86. The van der Waals surface area contributed by atoms with Crippen molar-refractivity contribution in [3.63, 3.8) is 0 Å². The molecular formula is C14H16N2O5. The second-order valence-corrected chi connectivity index (χ2v) is 5.71. The topological polar surface area (TPSA) is 92.9 Å². The number of amides is 1. The quantitative estimate of drug-likeness (QED) is 0.659. The monoisotopic (exact) mass is 292 g/mol. The van der Waals surface area contributed by atoms with Crippen LogP contribution in [0.15, 0.2) is 18.2 Å². The summed E-state index contributed by atoms with van der Waals surface area (Å²) >= 11 is 0. The molecule has 0 saturated carbocycles. The lowest BCUT2D eigenvalue weighted by Crippen LogP contribution is -2.32. The Balaban J connectivity index is 1.83. The lowest BCUT2D eigenvalue weighted by molar-refractivity contribution is -0.385. The number of para-hydroxylation sites is 1. The second kappa shape index (κ2) is 5.00. The van der Waals surface area contributed by atoms with Gasteiger partial charge in [0.25, 0.3) is 5.91 Å². The minimum absolute atomic E-state index is 0.0137. The fraction of sp³-hybridized carbons (Fsp3) is 0.500. The van der Waals surface area contributed by atoms with Crippen LogP contribution in [-0.4, -0.2) is 47.1 Å². The number of carbonyl (C=O) groups is 1. The summed E-state index contributed by atoms with van der Waals surface area (Å²) in [6.45, 7) is 2.53. The first-order chi connectivity index (χ1) is 10.0. The highest BCUT2D eigenvalue weighted by molar-refractivity contribution is 5.98. The fourth-order valence-electron chi connectivity index (χ4n) is 3.10. The minimum atomic E-state index is -0.692. The van der Waals surface area contributed by atoms with E-state index < -0.39 is 16.4 Å². The van der Waals surface area contributed by atoms with Crippen LogP contribution in [0.4, 0.5) is 5.69 Å². The molecule has 3 rings (SSSR count). The highest BCUT2D eigenvalue weighted by Crippen LogP contribution is 2.39. The maximum atomic E-state index is 12.5. The lowest BCUT2D eigenvalue weighted by atomic mass is 9.87. The fourth-order valence-corrected chi connectivity index (χ4v) is 3.10. The highest BCUT2D eigenvalue weighted by Gasteiger charge is 2.43. The first kappa shape index (κ1) is 13.8. The van der Waals surface area contributed by atoms with Crippen molar-refractivity contribution in [2.75, 3.05) is 26.3 Å². The Kier molecular flexibility index (Phi) is 3.29. The van der Waals surface area contributed by atoms with Crippen LogP contribution >= 0.6 is 0 Å². The summed E-state index contributed by atoms with van der Waals surface area (Å²) in [6.07, 6.45) is 1.80. The predicted molar refractivity (Wildman–Crippen MR) is 73.2 cm³/mol. The highest BCUT2D eigenvalue weighted by atomic mass is 16.6. The SMILES string of the molecule is O=C(c1cccc([N+](=O)[O-])c1O)N1CCC2(CCOC2)C1. The largest absolute Gasteiger partial charge is 0.502 e. The molecule has 2 heterocycles. The zero-order valence-electron chi connectivity index (χ0n) is 11.4. The number of hydrogen-bond donors (Lipinski definition) is 1. The maximum Gasteiger partial charge on any atom is 0.311 e. The number of likely N-dealkylation sites (tertiary alicyclic amines) is 1. The van der Waals surface area contributed by atoms with Crippen LogP contribution in [0.5, 0.6) is 5.75 Å². The zero-order valence-corrected chi connectivity index (χ0v) is 11.4. The molecule has 2 aliphatic rings. The van der Waals surface area contributed by atoms with Crippen molar-refractivity contribution >= 4 is 11.6 Å². The number of phenolic OH excluding ortho intramolecular Hbond substituents is 1. The van der Waals surface area contributed by atoms with Gasteiger partial charge in [0.1, 0.15) is 0 Å². The minimum Gasteiger partial charge on any atom is -0.502 e. The molecule has 1 unspecified atom stereocenters. The number of benzene rings is 1. The molecule has 2 saturated heterocycles. The molecule has 1 aromatic carbocycles. The molecule has 0 aliphatic carbocycles. The van der Waals surface area contributed by atoms with Gasteiger partial charge in [-0.1, -0.05) is 6.07 Å². The van der Waals surface area contributed by atoms with Gasteiger partial charge >= 0.3 is 5.69 Å². The Labute approximate surface area is 121 Å². The van der Waals surface area contributed by atoms with Crippen molar-refractivity contribution in [2.45, 2.75) is 12.8 Å². The van der Waals surface area contributed by atoms with E-state index in [2.05, 4.69) is 0 Å². The molecule has 0 radical (unpaired) electrons. The van der Waals surface area contributed by atoms with Gasteiger partial charge in [-0.2, -0.15) is 0 Å². The van der Waals surface area contributed by atoms with Crippen molar-refractivity contribution in [3.05, 3.63) is 33.9 Å². The third-order valence-electron chi connectivity index (χ3n) is 4.35. The Morgan fingerprint density at radius 1 is 1.43 bits per heavy atom. The van der Waals surface area contributed by atoms with Gasteiger partial charge in [-0.3, -0.25) is 14.9 Å². The van der Waals surface area contributed by atoms with E-state index in [0.29, 0.717) is 26.3 Å². The average molecular weight is 292 g/mol. The van der Waals surface area contributed by atoms with Crippen LogP contribution in [0.2, 0.25) is 0 Å². The summed E-state index contributed by atoms with van der Waals surface area (Å²) in [5, 5.41) is 20.8. The van der Waals surface area contributed by atoms with Gasteiger partial charge in [-0.15, -0.1) is 0 Å². The molecule has 1 atom stereocenters. The third kappa shape index (κ3) is 2.33. The Morgan fingerprint density at radius 3 is 2.90 bits per heavy atom.